The highest BCUT2D eigenvalue weighted by Gasteiger charge is 2.68. The molecule has 2 heteroatoms. The summed E-state index contributed by atoms with van der Waals surface area (Å²) >= 11 is 0. The van der Waals surface area contributed by atoms with Crippen molar-refractivity contribution in [3.63, 3.8) is 0 Å². The molecule has 0 amide bonds. The number of allylic oxidation sites excluding steroid dienone is 1. The van der Waals surface area contributed by atoms with E-state index in [0.29, 0.717) is 18.4 Å². The van der Waals surface area contributed by atoms with Gasteiger partial charge in [-0.3, -0.25) is 0 Å². The summed E-state index contributed by atoms with van der Waals surface area (Å²) in [7, 11) is 0. The topological polar surface area (TPSA) is 33.0 Å². The fourth-order valence-electron chi connectivity index (χ4n) is 4.87. The van der Waals surface area contributed by atoms with E-state index in [1.807, 2.05) is 6.07 Å². The molecule has 1 heterocycles. The van der Waals surface area contributed by atoms with Crippen molar-refractivity contribution in [2.45, 2.75) is 26.7 Å². The van der Waals surface area contributed by atoms with Gasteiger partial charge in [0.05, 0.1) is 24.9 Å². The van der Waals surface area contributed by atoms with Gasteiger partial charge in [0, 0.05) is 5.41 Å². The first-order valence-electron chi connectivity index (χ1n) is 7.32. The van der Waals surface area contributed by atoms with Gasteiger partial charge in [-0.2, -0.15) is 5.26 Å². The molecule has 2 unspecified atom stereocenters. The van der Waals surface area contributed by atoms with Crippen molar-refractivity contribution >= 4 is 5.57 Å². The Hall–Kier alpha value is -1.59. The van der Waals surface area contributed by atoms with E-state index in [1.54, 1.807) is 0 Å². The van der Waals surface area contributed by atoms with Crippen LogP contribution in [-0.4, -0.2) is 13.2 Å². The second-order valence-corrected chi connectivity index (χ2v) is 7.19. The van der Waals surface area contributed by atoms with Gasteiger partial charge in [-0.25, -0.2) is 0 Å². The molecule has 0 bridgehead atoms. The number of ether oxygens (including phenoxy) is 1. The molecule has 102 valence electrons. The van der Waals surface area contributed by atoms with Crippen molar-refractivity contribution < 1.29 is 4.74 Å². The minimum Gasteiger partial charge on any atom is -0.376 e. The van der Waals surface area contributed by atoms with Crippen LogP contribution in [0.15, 0.2) is 29.8 Å². The molecule has 0 radical (unpaired) electrons. The zero-order chi connectivity index (χ0) is 14.1. The number of benzene rings is 1. The summed E-state index contributed by atoms with van der Waals surface area (Å²) < 4.78 is 5.87. The molecule has 2 fully saturated rings. The third kappa shape index (κ3) is 1.10. The molecule has 0 N–H and O–H groups in total. The van der Waals surface area contributed by atoms with Crippen LogP contribution in [0.5, 0.6) is 0 Å². The lowest BCUT2D eigenvalue weighted by Crippen LogP contribution is -2.65. The lowest BCUT2D eigenvalue weighted by Gasteiger charge is -2.70. The highest BCUT2D eigenvalue weighted by Crippen LogP contribution is 2.74. The molecule has 2 nitrogen and oxygen atoms in total. The first-order valence-corrected chi connectivity index (χ1v) is 7.32. The molecule has 2 aliphatic carbocycles. The second-order valence-electron chi connectivity index (χ2n) is 7.19. The molecule has 0 spiro atoms. The minimum absolute atomic E-state index is 0.154. The molecule has 20 heavy (non-hydrogen) atoms. The lowest BCUT2D eigenvalue weighted by atomic mass is 9.35. The Kier molecular flexibility index (Phi) is 2.15. The molecule has 1 aromatic rings. The van der Waals surface area contributed by atoms with Gasteiger partial charge in [0.25, 0.3) is 0 Å². The lowest BCUT2D eigenvalue weighted by molar-refractivity contribution is -0.185. The number of rotatable bonds is 0. The van der Waals surface area contributed by atoms with Gasteiger partial charge in [0.15, 0.2) is 0 Å². The molecule has 0 aromatic heterocycles. The molecule has 4 rings (SSSR count). The van der Waals surface area contributed by atoms with E-state index in [0.717, 1.165) is 17.7 Å². The molecule has 3 atom stereocenters. The molecule has 1 aromatic carbocycles. The molecular formula is C18H19NO. The maximum Gasteiger partial charge on any atom is 0.0998 e. The Labute approximate surface area is 120 Å². The first kappa shape index (κ1) is 12.2. The van der Waals surface area contributed by atoms with Crippen LogP contribution in [0.4, 0.5) is 0 Å². The minimum atomic E-state index is 0.154. The van der Waals surface area contributed by atoms with Crippen molar-refractivity contribution in [1.29, 1.82) is 5.26 Å². The van der Waals surface area contributed by atoms with Crippen LogP contribution >= 0.6 is 0 Å². The van der Waals surface area contributed by atoms with Gasteiger partial charge in [0.2, 0.25) is 0 Å². The summed E-state index contributed by atoms with van der Waals surface area (Å²) in [5.41, 5.74) is 4.96. The van der Waals surface area contributed by atoms with Crippen molar-refractivity contribution in [2.75, 3.05) is 13.2 Å². The van der Waals surface area contributed by atoms with E-state index in [1.165, 1.54) is 11.1 Å². The van der Waals surface area contributed by atoms with Gasteiger partial charge in [-0.05, 0) is 34.0 Å². The maximum atomic E-state index is 9.63. The van der Waals surface area contributed by atoms with E-state index in [2.05, 4.69) is 45.0 Å². The summed E-state index contributed by atoms with van der Waals surface area (Å²) in [5, 5.41) is 9.63. The molecule has 1 saturated carbocycles. The van der Waals surface area contributed by atoms with Crippen LogP contribution in [0.2, 0.25) is 0 Å². The quantitative estimate of drug-likeness (QED) is 0.715. The largest absolute Gasteiger partial charge is 0.376 e. The van der Waals surface area contributed by atoms with Crippen molar-refractivity contribution in [3.05, 3.63) is 41.0 Å². The zero-order valence-corrected chi connectivity index (χ0v) is 12.2. The predicted octanol–water partition coefficient (Wildman–Crippen LogP) is 3.75. The van der Waals surface area contributed by atoms with Gasteiger partial charge < -0.3 is 4.74 Å². The number of fused-ring (bicyclic) bond motifs is 2. The Morgan fingerprint density at radius 1 is 1.20 bits per heavy atom. The Balaban J connectivity index is 2.03. The van der Waals surface area contributed by atoms with Crippen LogP contribution in [-0.2, 0) is 4.74 Å². The third-order valence-electron chi connectivity index (χ3n) is 6.30. The van der Waals surface area contributed by atoms with Crippen LogP contribution in [0, 0.1) is 28.1 Å². The molecule has 1 aliphatic heterocycles. The molecule has 1 saturated heterocycles. The predicted molar refractivity (Wildman–Crippen MR) is 77.9 cm³/mol. The van der Waals surface area contributed by atoms with Gasteiger partial charge in [0.1, 0.15) is 0 Å². The van der Waals surface area contributed by atoms with E-state index >= 15 is 0 Å². The van der Waals surface area contributed by atoms with Crippen LogP contribution < -0.4 is 0 Å². The normalized spacial score (nSPS) is 36.5. The maximum absolute atomic E-state index is 9.63. The first-order chi connectivity index (χ1) is 9.52. The average molecular weight is 265 g/mol. The van der Waals surface area contributed by atoms with Crippen molar-refractivity contribution in [2.24, 2.45) is 16.7 Å². The SMILES string of the molecule is CC1(C)C2c3ccccc3C(C#N)=C3COC[C@]1(C)C32. The standard InChI is InChI=1S/C18H19NO/c1-17(2)15-12-7-5-4-6-11(12)13(8-19)14-9-20-10-18(17,3)16(14)15/h4-7,15-16H,9-10H2,1-3H3/t15?,16?,18-/m1/s1. The van der Waals surface area contributed by atoms with Gasteiger partial charge in [-0.1, -0.05) is 45.0 Å². The summed E-state index contributed by atoms with van der Waals surface area (Å²) in [6, 6.07) is 10.9. The fourth-order valence-corrected chi connectivity index (χ4v) is 4.87. The fraction of sp³-hybridized carbons (Fsp3) is 0.500. The van der Waals surface area contributed by atoms with E-state index in [4.69, 9.17) is 4.74 Å². The summed E-state index contributed by atoms with van der Waals surface area (Å²) in [6.07, 6.45) is 0. The Morgan fingerprint density at radius 2 is 1.95 bits per heavy atom. The Morgan fingerprint density at radius 3 is 2.70 bits per heavy atom. The number of hydrogen-bond donors (Lipinski definition) is 0. The van der Waals surface area contributed by atoms with Crippen LogP contribution in [0.25, 0.3) is 5.57 Å². The summed E-state index contributed by atoms with van der Waals surface area (Å²) in [6.45, 7) is 8.48. The Bertz CT molecular complexity index is 679. The third-order valence-corrected chi connectivity index (χ3v) is 6.30. The monoisotopic (exact) mass is 265 g/mol. The zero-order valence-electron chi connectivity index (χ0n) is 12.2. The number of hydrogen-bond acceptors (Lipinski definition) is 2. The summed E-state index contributed by atoms with van der Waals surface area (Å²) in [5.74, 6) is 1.01. The highest BCUT2D eigenvalue weighted by molar-refractivity contribution is 5.85. The number of nitrogens with zero attached hydrogens (tertiary/aromatic N) is 1. The van der Waals surface area contributed by atoms with Crippen LogP contribution in [0.3, 0.4) is 0 Å². The molecule has 3 aliphatic rings. The average Bonchev–Trinajstić information content (AvgIpc) is 2.45. The van der Waals surface area contributed by atoms with Gasteiger partial charge in [-0.15, -0.1) is 0 Å². The van der Waals surface area contributed by atoms with E-state index in [9.17, 15) is 5.26 Å². The van der Waals surface area contributed by atoms with Gasteiger partial charge >= 0.3 is 0 Å². The highest BCUT2D eigenvalue weighted by atomic mass is 16.5. The summed E-state index contributed by atoms with van der Waals surface area (Å²) in [4.78, 5) is 0. The number of nitriles is 1. The van der Waals surface area contributed by atoms with Crippen molar-refractivity contribution in [1.82, 2.24) is 0 Å². The smallest absolute Gasteiger partial charge is 0.0998 e. The van der Waals surface area contributed by atoms with E-state index < -0.39 is 0 Å². The van der Waals surface area contributed by atoms with E-state index in [-0.39, 0.29) is 10.8 Å². The molecular weight excluding hydrogens is 246 g/mol. The second kappa shape index (κ2) is 3.54. The van der Waals surface area contributed by atoms with Crippen molar-refractivity contribution in [3.8, 4) is 6.07 Å². The van der Waals surface area contributed by atoms with Crippen LogP contribution in [0.1, 0.15) is 37.8 Å².